The number of aromatic nitrogens is 3. The lowest BCUT2D eigenvalue weighted by atomic mass is 9.79. The summed E-state index contributed by atoms with van der Waals surface area (Å²) in [5.74, 6) is 1.07. The molecule has 25 heavy (non-hydrogen) atoms. The van der Waals surface area contributed by atoms with Gasteiger partial charge in [-0.15, -0.1) is 5.10 Å². The Bertz CT molecular complexity index is 736. The summed E-state index contributed by atoms with van der Waals surface area (Å²) in [5, 5.41) is 7.38. The number of nitrogens with two attached hydrogens (primary N) is 1. The molecule has 0 radical (unpaired) electrons. The van der Waals surface area contributed by atoms with Gasteiger partial charge in [-0.05, 0) is 30.5 Å². The van der Waals surface area contributed by atoms with Crippen molar-refractivity contribution in [3.05, 3.63) is 34.9 Å². The Kier molecular flexibility index (Phi) is 4.85. The van der Waals surface area contributed by atoms with Crippen LogP contribution in [0.25, 0.3) is 0 Å². The van der Waals surface area contributed by atoms with Crippen LogP contribution in [0.5, 0.6) is 0 Å². The molecule has 2 heterocycles. The first-order valence-electron chi connectivity index (χ1n) is 8.30. The third-order valence-electron chi connectivity index (χ3n) is 4.85. The second-order valence-corrected chi connectivity index (χ2v) is 7.29. The number of piperidine rings is 1. The number of hydrogen-bond acceptors (Lipinski definition) is 5. The van der Waals surface area contributed by atoms with Crippen molar-refractivity contribution >= 4 is 29.4 Å². The first-order chi connectivity index (χ1) is 11.9. The van der Waals surface area contributed by atoms with Gasteiger partial charge < -0.3 is 15.5 Å². The van der Waals surface area contributed by atoms with Crippen LogP contribution in [0.4, 0.5) is 11.9 Å². The van der Waals surface area contributed by atoms with Gasteiger partial charge in [0.2, 0.25) is 17.8 Å². The molecule has 0 bridgehead atoms. The van der Waals surface area contributed by atoms with E-state index in [9.17, 15) is 4.79 Å². The standard InChI is InChI=1S/C17H23ClN6O/c1-17(7-9-24(10-8-17)16-20-15(19)21-22-16)14(25)23(2)11-12-3-5-13(18)6-4-12/h3-6H,7-11H2,1-2H3,(H3,19,20,21,22). The van der Waals surface area contributed by atoms with Crippen molar-refractivity contribution in [2.45, 2.75) is 26.3 Å². The molecule has 1 amide bonds. The number of benzene rings is 1. The van der Waals surface area contributed by atoms with E-state index in [4.69, 9.17) is 17.3 Å². The van der Waals surface area contributed by atoms with Gasteiger partial charge in [0.1, 0.15) is 0 Å². The highest BCUT2D eigenvalue weighted by Crippen LogP contribution is 2.34. The number of hydrogen-bond donors (Lipinski definition) is 2. The number of rotatable bonds is 4. The SMILES string of the molecule is CN(Cc1ccc(Cl)cc1)C(=O)C1(C)CCN(c2nc(N)n[nH]2)CC1. The zero-order valence-corrected chi connectivity index (χ0v) is 15.3. The van der Waals surface area contributed by atoms with E-state index in [-0.39, 0.29) is 17.3 Å². The zero-order chi connectivity index (χ0) is 18.0. The lowest BCUT2D eigenvalue weighted by Gasteiger charge is -2.40. The van der Waals surface area contributed by atoms with Crippen molar-refractivity contribution in [3.8, 4) is 0 Å². The van der Waals surface area contributed by atoms with Gasteiger partial charge in [0.25, 0.3) is 0 Å². The molecule has 0 atom stereocenters. The molecule has 1 aromatic heterocycles. The van der Waals surface area contributed by atoms with E-state index in [0.29, 0.717) is 17.5 Å². The largest absolute Gasteiger partial charge is 0.366 e. The van der Waals surface area contributed by atoms with Crippen LogP contribution in [0.15, 0.2) is 24.3 Å². The van der Waals surface area contributed by atoms with Gasteiger partial charge in [-0.2, -0.15) is 4.98 Å². The predicted octanol–water partition coefficient (Wildman–Crippen LogP) is 2.31. The molecule has 2 aromatic rings. The fourth-order valence-electron chi connectivity index (χ4n) is 3.23. The fourth-order valence-corrected chi connectivity index (χ4v) is 3.36. The van der Waals surface area contributed by atoms with Crippen LogP contribution >= 0.6 is 11.6 Å². The number of carbonyl (C=O) groups excluding carboxylic acids is 1. The van der Waals surface area contributed by atoms with Gasteiger partial charge >= 0.3 is 0 Å². The smallest absolute Gasteiger partial charge is 0.241 e. The minimum Gasteiger partial charge on any atom is -0.366 e. The second kappa shape index (κ2) is 6.92. The van der Waals surface area contributed by atoms with Crippen molar-refractivity contribution in [2.75, 3.05) is 30.8 Å². The highest BCUT2D eigenvalue weighted by atomic mass is 35.5. The fraction of sp³-hybridized carbons (Fsp3) is 0.471. The number of H-pyrrole nitrogens is 1. The summed E-state index contributed by atoms with van der Waals surface area (Å²) < 4.78 is 0. The quantitative estimate of drug-likeness (QED) is 0.870. The number of nitrogens with zero attached hydrogens (tertiary/aromatic N) is 4. The van der Waals surface area contributed by atoms with E-state index >= 15 is 0 Å². The lowest BCUT2D eigenvalue weighted by molar-refractivity contribution is -0.141. The Balaban J connectivity index is 1.60. The Labute approximate surface area is 152 Å². The van der Waals surface area contributed by atoms with Crippen LogP contribution < -0.4 is 10.6 Å². The third-order valence-corrected chi connectivity index (χ3v) is 5.11. The first kappa shape index (κ1) is 17.5. The van der Waals surface area contributed by atoms with Crippen LogP contribution in [0.2, 0.25) is 5.02 Å². The molecule has 3 N–H and O–H groups in total. The lowest BCUT2D eigenvalue weighted by Crippen LogP contribution is -2.48. The molecule has 7 nitrogen and oxygen atoms in total. The third kappa shape index (κ3) is 3.87. The number of nitrogens with one attached hydrogen (secondary N) is 1. The molecule has 1 aromatic carbocycles. The molecule has 134 valence electrons. The second-order valence-electron chi connectivity index (χ2n) is 6.85. The van der Waals surface area contributed by atoms with Crippen molar-refractivity contribution in [1.82, 2.24) is 20.1 Å². The molecular weight excluding hydrogens is 340 g/mol. The Morgan fingerprint density at radius 2 is 2.00 bits per heavy atom. The maximum absolute atomic E-state index is 13.0. The molecule has 1 fully saturated rings. The molecular formula is C17H23ClN6O. The Hall–Kier alpha value is -2.28. The summed E-state index contributed by atoms with van der Waals surface area (Å²) in [7, 11) is 1.85. The number of carbonyl (C=O) groups is 1. The molecule has 0 spiro atoms. The van der Waals surface area contributed by atoms with Crippen molar-refractivity contribution < 1.29 is 4.79 Å². The number of aromatic amines is 1. The summed E-state index contributed by atoms with van der Waals surface area (Å²) in [4.78, 5) is 21.0. The monoisotopic (exact) mass is 362 g/mol. The predicted molar refractivity (Wildman–Crippen MR) is 98.3 cm³/mol. The van der Waals surface area contributed by atoms with Crippen LogP contribution in [0.1, 0.15) is 25.3 Å². The van der Waals surface area contributed by atoms with Crippen LogP contribution in [-0.4, -0.2) is 46.1 Å². The highest BCUT2D eigenvalue weighted by molar-refractivity contribution is 6.30. The average Bonchev–Trinajstić information content (AvgIpc) is 3.03. The number of amides is 1. The Morgan fingerprint density at radius 1 is 1.36 bits per heavy atom. The van der Waals surface area contributed by atoms with Gasteiger partial charge in [-0.25, -0.2) is 5.10 Å². The molecule has 0 aliphatic carbocycles. The summed E-state index contributed by atoms with van der Waals surface area (Å²) in [6.45, 7) is 4.10. The van der Waals surface area contributed by atoms with E-state index in [1.54, 1.807) is 4.90 Å². The van der Waals surface area contributed by atoms with Crippen molar-refractivity contribution in [1.29, 1.82) is 0 Å². The molecule has 1 aliphatic rings. The zero-order valence-electron chi connectivity index (χ0n) is 14.5. The van der Waals surface area contributed by atoms with E-state index in [1.165, 1.54) is 0 Å². The summed E-state index contributed by atoms with van der Waals surface area (Å²) in [5.41, 5.74) is 6.26. The van der Waals surface area contributed by atoms with Crippen LogP contribution in [0.3, 0.4) is 0 Å². The van der Waals surface area contributed by atoms with Gasteiger partial charge in [0.05, 0.1) is 0 Å². The van der Waals surface area contributed by atoms with E-state index in [2.05, 4.69) is 20.1 Å². The summed E-state index contributed by atoms with van der Waals surface area (Å²) in [6.07, 6.45) is 1.52. The molecule has 3 rings (SSSR count). The van der Waals surface area contributed by atoms with Crippen LogP contribution in [-0.2, 0) is 11.3 Å². The first-order valence-corrected chi connectivity index (χ1v) is 8.68. The minimum absolute atomic E-state index is 0.166. The summed E-state index contributed by atoms with van der Waals surface area (Å²) >= 11 is 5.92. The van der Waals surface area contributed by atoms with Gasteiger partial charge in [0.15, 0.2) is 0 Å². The highest BCUT2D eigenvalue weighted by Gasteiger charge is 2.39. The van der Waals surface area contributed by atoms with Crippen molar-refractivity contribution in [2.24, 2.45) is 5.41 Å². The Morgan fingerprint density at radius 3 is 2.56 bits per heavy atom. The molecule has 0 unspecified atom stereocenters. The minimum atomic E-state index is -0.372. The summed E-state index contributed by atoms with van der Waals surface area (Å²) in [6, 6.07) is 7.59. The van der Waals surface area contributed by atoms with Gasteiger partial charge in [-0.1, -0.05) is 30.7 Å². The topological polar surface area (TPSA) is 91.1 Å². The van der Waals surface area contributed by atoms with Crippen LogP contribution in [0, 0.1) is 5.41 Å². The molecule has 8 heteroatoms. The molecule has 0 saturated carbocycles. The molecule has 1 saturated heterocycles. The van der Waals surface area contributed by atoms with E-state index in [1.807, 2.05) is 38.2 Å². The maximum Gasteiger partial charge on any atom is 0.241 e. The number of halogens is 1. The average molecular weight is 363 g/mol. The maximum atomic E-state index is 13.0. The van der Waals surface area contributed by atoms with Crippen molar-refractivity contribution in [3.63, 3.8) is 0 Å². The molecule has 1 aliphatic heterocycles. The normalized spacial score (nSPS) is 16.7. The van der Waals surface area contributed by atoms with Gasteiger partial charge in [0, 0.05) is 37.1 Å². The number of anilines is 2. The van der Waals surface area contributed by atoms with Gasteiger partial charge in [-0.3, -0.25) is 4.79 Å². The van der Waals surface area contributed by atoms with E-state index in [0.717, 1.165) is 31.5 Å². The number of nitrogen functional groups attached to an aromatic ring is 1. The van der Waals surface area contributed by atoms with E-state index < -0.39 is 0 Å².